The summed E-state index contributed by atoms with van der Waals surface area (Å²) in [6.07, 6.45) is 1.99. The minimum absolute atomic E-state index is 0.0305. The van der Waals surface area contributed by atoms with Gasteiger partial charge in [0.25, 0.3) is 0 Å². The number of hydrogen-bond donors (Lipinski definition) is 1. The largest absolute Gasteiger partial charge is 0.342 e. The number of carbonyl (C=O) groups is 3. The third-order valence-electron chi connectivity index (χ3n) is 5.12. The zero-order valence-corrected chi connectivity index (χ0v) is 19.6. The van der Waals surface area contributed by atoms with Crippen molar-refractivity contribution in [2.45, 2.75) is 47.0 Å². The van der Waals surface area contributed by atoms with Crippen molar-refractivity contribution in [1.82, 2.24) is 9.80 Å². The third-order valence-corrected chi connectivity index (χ3v) is 5.67. The Bertz CT molecular complexity index is 784. The molecule has 1 saturated heterocycles. The predicted octanol–water partition coefficient (Wildman–Crippen LogP) is 4.46. The van der Waals surface area contributed by atoms with E-state index < -0.39 is 5.41 Å². The van der Waals surface area contributed by atoms with Gasteiger partial charge in [-0.05, 0) is 37.5 Å². The van der Waals surface area contributed by atoms with Crippen molar-refractivity contribution in [3.63, 3.8) is 0 Å². The number of benzene rings is 1. The van der Waals surface area contributed by atoms with Gasteiger partial charge in [-0.2, -0.15) is 0 Å². The van der Waals surface area contributed by atoms with Crippen LogP contribution in [0.2, 0.25) is 10.0 Å². The highest BCUT2D eigenvalue weighted by Gasteiger charge is 2.34. The van der Waals surface area contributed by atoms with Gasteiger partial charge >= 0.3 is 0 Å². The number of anilines is 1. The van der Waals surface area contributed by atoms with E-state index in [-0.39, 0.29) is 30.2 Å². The number of rotatable bonds is 6. The summed E-state index contributed by atoms with van der Waals surface area (Å²) in [5, 5.41) is 3.58. The highest BCUT2D eigenvalue weighted by Crippen LogP contribution is 2.26. The Hall–Kier alpha value is -1.79. The molecule has 1 N–H and O–H groups in total. The molecule has 0 aromatic heterocycles. The molecule has 0 radical (unpaired) electrons. The lowest BCUT2D eigenvalue weighted by molar-refractivity contribution is -0.145. The molecule has 0 bridgehead atoms. The Morgan fingerprint density at radius 2 is 1.80 bits per heavy atom. The molecule has 1 aliphatic heterocycles. The molecular formula is C22H31Cl2N3O3. The van der Waals surface area contributed by atoms with Crippen molar-refractivity contribution in [3.8, 4) is 0 Å². The van der Waals surface area contributed by atoms with Gasteiger partial charge in [0.1, 0.15) is 0 Å². The Labute approximate surface area is 188 Å². The normalized spacial score (nSPS) is 15.1. The van der Waals surface area contributed by atoms with Crippen molar-refractivity contribution in [2.75, 3.05) is 31.5 Å². The molecule has 1 fully saturated rings. The van der Waals surface area contributed by atoms with Crippen LogP contribution in [0.1, 0.15) is 47.0 Å². The monoisotopic (exact) mass is 455 g/mol. The van der Waals surface area contributed by atoms with Crippen LogP contribution in [0.4, 0.5) is 5.69 Å². The van der Waals surface area contributed by atoms with Crippen LogP contribution < -0.4 is 5.32 Å². The van der Waals surface area contributed by atoms with Gasteiger partial charge in [-0.3, -0.25) is 14.4 Å². The number of piperidine rings is 1. The predicted molar refractivity (Wildman–Crippen MR) is 121 cm³/mol. The fraction of sp³-hybridized carbons (Fsp3) is 0.591. The van der Waals surface area contributed by atoms with Crippen molar-refractivity contribution in [2.24, 2.45) is 11.3 Å². The van der Waals surface area contributed by atoms with Gasteiger partial charge in [-0.1, -0.05) is 50.9 Å². The van der Waals surface area contributed by atoms with Gasteiger partial charge in [0, 0.05) is 36.0 Å². The maximum atomic E-state index is 13.1. The van der Waals surface area contributed by atoms with Gasteiger partial charge in [-0.15, -0.1) is 0 Å². The first-order valence-corrected chi connectivity index (χ1v) is 11.1. The Balaban J connectivity index is 1.96. The number of carbonyl (C=O) groups excluding carboxylic acids is 3. The molecule has 0 aliphatic carbocycles. The number of nitrogens with one attached hydrogen (secondary N) is 1. The molecule has 0 atom stereocenters. The van der Waals surface area contributed by atoms with Crippen molar-refractivity contribution >= 4 is 46.6 Å². The fourth-order valence-electron chi connectivity index (χ4n) is 3.55. The van der Waals surface area contributed by atoms with Crippen LogP contribution in [0.25, 0.3) is 0 Å². The molecule has 1 aromatic rings. The molecular weight excluding hydrogens is 425 g/mol. The molecule has 1 aromatic carbocycles. The summed E-state index contributed by atoms with van der Waals surface area (Å²) in [5.41, 5.74) is 0.0375. The Morgan fingerprint density at radius 1 is 1.17 bits per heavy atom. The summed E-state index contributed by atoms with van der Waals surface area (Å²) in [4.78, 5) is 41.5. The summed E-state index contributed by atoms with van der Waals surface area (Å²) in [6.45, 7) is 9.29. The lowest BCUT2D eigenvalue weighted by atomic mass is 9.90. The number of likely N-dealkylation sites (tertiary alicyclic amines) is 1. The molecule has 0 saturated carbocycles. The molecule has 8 heteroatoms. The standard InChI is InChI=1S/C22H31Cl2N3O3/c1-5-10-27(14-19(28)25-18-7-6-16(23)13-17(18)24)20(29)15-8-11-26(12-9-15)21(30)22(2,3)4/h6-7,13,15H,5,8-12,14H2,1-4H3,(H,25,28). The fourth-order valence-corrected chi connectivity index (χ4v) is 4.01. The summed E-state index contributed by atoms with van der Waals surface area (Å²) in [7, 11) is 0. The Kier molecular flexibility index (Phi) is 8.56. The molecule has 166 valence electrons. The number of amides is 3. The second-order valence-electron chi connectivity index (χ2n) is 8.75. The quantitative estimate of drug-likeness (QED) is 0.688. The maximum absolute atomic E-state index is 13.1. The molecule has 2 rings (SSSR count). The number of halogens is 2. The number of nitrogens with zero attached hydrogens (tertiary/aromatic N) is 2. The van der Waals surface area contributed by atoms with Crippen LogP contribution in [0.5, 0.6) is 0 Å². The average Bonchev–Trinajstić information content (AvgIpc) is 2.68. The molecule has 0 unspecified atom stereocenters. The van der Waals surface area contributed by atoms with Gasteiger partial charge < -0.3 is 15.1 Å². The van der Waals surface area contributed by atoms with E-state index in [1.807, 2.05) is 32.6 Å². The van der Waals surface area contributed by atoms with E-state index in [4.69, 9.17) is 23.2 Å². The van der Waals surface area contributed by atoms with Gasteiger partial charge in [0.15, 0.2) is 0 Å². The van der Waals surface area contributed by atoms with Crippen LogP contribution >= 0.6 is 23.2 Å². The maximum Gasteiger partial charge on any atom is 0.244 e. The lowest BCUT2D eigenvalue weighted by Gasteiger charge is -2.36. The summed E-state index contributed by atoms with van der Waals surface area (Å²) in [5.74, 6) is -0.399. The van der Waals surface area contributed by atoms with E-state index in [2.05, 4.69) is 5.32 Å². The first-order valence-electron chi connectivity index (χ1n) is 10.4. The van der Waals surface area contributed by atoms with E-state index >= 15 is 0 Å². The zero-order chi connectivity index (χ0) is 22.5. The van der Waals surface area contributed by atoms with Crippen molar-refractivity contribution in [3.05, 3.63) is 28.2 Å². The highest BCUT2D eigenvalue weighted by atomic mass is 35.5. The van der Waals surface area contributed by atoms with Crippen LogP contribution in [-0.4, -0.2) is 53.7 Å². The molecule has 3 amide bonds. The Morgan fingerprint density at radius 3 is 2.33 bits per heavy atom. The van der Waals surface area contributed by atoms with E-state index in [0.29, 0.717) is 48.2 Å². The van der Waals surface area contributed by atoms with Crippen LogP contribution in [-0.2, 0) is 14.4 Å². The average molecular weight is 456 g/mol. The second-order valence-corrected chi connectivity index (χ2v) is 9.59. The minimum atomic E-state index is -0.424. The summed E-state index contributed by atoms with van der Waals surface area (Å²) >= 11 is 12.0. The second kappa shape index (κ2) is 10.5. The molecule has 30 heavy (non-hydrogen) atoms. The lowest BCUT2D eigenvalue weighted by Crippen LogP contribution is -2.48. The minimum Gasteiger partial charge on any atom is -0.342 e. The van der Waals surface area contributed by atoms with E-state index in [1.165, 1.54) is 0 Å². The summed E-state index contributed by atoms with van der Waals surface area (Å²) in [6, 6.07) is 4.83. The topological polar surface area (TPSA) is 69.7 Å². The molecule has 1 aliphatic rings. The molecule has 0 spiro atoms. The molecule has 1 heterocycles. The summed E-state index contributed by atoms with van der Waals surface area (Å²) < 4.78 is 0. The zero-order valence-electron chi connectivity index (χ0n) is 18.1. The van der Waals surface area contributed by atoms with Crippen molar-refractivity contribution < 1.29 is 14.4 Å². The van der Waals surface area contributed by atoms with Crippen LogP contribution in [0.15, 0.2) is 18.2 Å². The SMILES string of the molecule is CCCN(CC(=O)Nc1ccc(Cl)cc1Cl)C(=O)C1CCN(C(=O)C(C)(C)C)CC1. The van der Waals surface area contributed by atoms with E-state index in [1.54, 1.807) is 23.1 Å². The third kappa shape index (κ3) is 6.61. The van der Waals surface area contributed by atoms with E-state index in [9.17, 15) is 14.4 Å². The smallest absolute Gasteiger partial charge is 0.244 e. The molecule has 6 nitrogen and oxygen atoms in total. The van der Waals surface area contributed by atoms with E-state index in [0.717, 1.165) is 6.42 Å². The van der Waals surface area contributed by atoms with Crippen LogP contribution in [0, 0.1) is 11.3 Å². The van der Waals surface area contributed by atoms with Crippen LogP contribution in [0.3, 0.4) is 0 Å². The van der Waals surface area contributed by atoms with Gasteiger partial charge in [-0.25, -0.2) is 0 Å². The number of hydrogen-bond acceptors (Lipinski definition) is 3. The first kappa shape index (κ1) is 24.5. The highest BCUT2D eigenvalue weighted by molar-refractivity contribution is 6.36. The van der Waals surface area contributed by atoms with Gasteiger partial charge in [0.2, 0.25) is 17.7 Å². The first-order chi connectivity index (χ1) is 14.0. The van der Waals surface area contributed by atoms with Crippen molar-refractivity contribution in [1.29, 1.82) is 0 Å². The van der Waals surface area contributed by atoms with Gasteiger partial charge in [0.05, 0.1) is 17.3 Å².